The van der Waals surface area contributed by atoms with E-state index in [9.17, 15) is 13.2 Å². The lowest BCUT2D eigenvalue weighted by Gasteiger charge is -2.23. The molecule has 8 heteroatoms. The number of anilines is 2. The summed E-state index contributed by atoms with van der Waals surface area (Å²) >= 11 is 0. The molecule has 146 valence electrons. The third-order valence-corrected chi connectivity index (χ3v) is 5.61. The van der Waals surface area contributed by atoms with E-state index >= 15 is 0 Å². The van der Waals surface area contributed by atoms with Crippen LogP contribution in [0.25, 0.3) is 0 Å². The molecule has 0 aliphatic carbocycles. The first-order valence-corrected chi connectivity index (χ1v) is 9.85. The van der Waals surface area contributed by atoms with Crippen LogP contribution in [-0.2, 0) is 10.2 Å². The molecular weight excluding hydrogens is 366 g/mol. The lowest BCUT2D eigenvalue weighted by Crippen LogP contribution is -2.37. The molecule has 2 aromatic carbocycles. The zero-order valence-corrected chi connectivity index (χ0v) is 16.9. The number of hydrogen-bond donors (Lipinski definition) is 1. The third kappa shape index (κ3) is 5.21. The van der Waals surface area contributed by atoms with Crippen molar-refractivity contribution in [2.75, 3.05) is 30.8 Å². The van der Waals surface area contributed by atoms with Crippen LogP contribution in [0.15, 0.2) is 48.5 Å². The van der Waals surface area contributed by atoms with Crippen molar-refractivity contribution in [2.45, 2.75) is 20.0 Å². The Kier molecular flexibility index (Phi) is 6.45. The van der Waals surface area contributed by atoms with Crippen molar-refractivity contribution in [3.8, 4) is 5.75 Å². The monoisotopic (exact) mass is 391 g/mol. The predicted octanol–water partition coefficient (Wildman–Crippen LogP) is 2.97. The summed E-state index contributed by atoms with van der Waals surface area (Å²) in [4.78, 5) is 12.4. The molecule has 2 aromatic rings. The molecule has 0 spiro atoms. The maximum atomic E-state index is 12.4. The predicted molar refractivity (Wildman–Crippen MR) is 108 cm³/mol. The SMILES string of the molecule is CC(C)Oc1ccc(NC(=O)c2ccc(N(C)S(=O)(=O)N(C)C)cc2)cc1. The van der Waals surface area contributed by atoms with Gasteiger partial charge < -0.3 is 10.1 Å². The molecule has 7 nitrogen and oxygen atoms in total. The first-order chi connectivity index (χ1) is 12.6. The topological polar surface area (TPSA) is 79.0 Å². The number of amides is 1. The molecule has 0 fully saturated rings. The van der Waals surface area contributed by atoms with Crippen LogP contribution in [0.5, 0.6) is 5.75 Å². The van der Waals surface area contributed by atoms with Crippen molar-refractivity contribution in [1.29, 1.82) is 0 Å². The van der Waals surface area contributed by atoms with E-state index in [1.807, 2.05) is 13.8 Å². The van der Waals surface area contributed by atoms with Gasteiger partial charge in [0.1, 0.15) is 5.75 Å². The summed E-state index contributed by atoms with van der Waals surface area (Å²) in [6.07, 6.45) is 0.0818. The maximum Gasteiger partial charge on any atom is 0.303 e. The number of nitrogens with zero attached hydrogens (tertiary/aromatic N) is 2. The molecule has 0 saturated carbocycles. The average molecular weight is 391 g/mol. The van der Waals surface area contributed by atoms with Gasteiger partial charge in [0, 0.05) is 32.4 Å². The van der Waals surface area contributed by atoms with Crippen molar-refractivity contribution in [3.05, 3.63) is 54.1 Å². The lowest BCUT2D eigenvalue weighted by molar-refractivity contribution is 0.102. The van der Waals surface area contributed by atoms with Gasteiger partial charge in [-0.15, -0.1) is 0 Å². The summed E-state index contributed by atoms with van der Waals surface area (Å²) in [7, 11) is 0.820. The fourth-order valence-corrected chi connectivity index (χ4v) is 3.17. The van der Waals surface area contributed by atoms with E-state index in [1.54, 1.807) is 48.5 Å². The van der Waals surface area contributed by atoms with Gasteiger partial charge in [-0.25, -0.2) is 0 Å². The average Bonchev–Trinajstić information content (AvgIpc) is 2.62. The largest absolute Gasteiger partial charge is 0.491 e. The van der Waals surface area contributed by atoms with Gasteiger partial charge in [0.05, 0.1) is 11.8 Å². The van der Waals surface area contributed by atoms with Crippen molar-refractivity contribution < 1.29 is 17.9 Å². The molecule has 2 rings (SSSR count). The van der Waals surface area contributed by atoms with Crippen LogP contribution < -0.4 is 14.4 Å². The molecule has 1 amide bonds. The highest BCUT2D eigenvalue weighted by atomic mass is 32.2. The van der Waals surface area contributed by atoms with Gasteiger partial charge in [0.25, 0.3) is 5.91 Å². The number of hydrogen-bond acceptors (Lipinski definition) is 4. The highest BCUT2D eigenvalue weighted by Crippen LogP contribution is 2.20. The fourth-order valence-electron chi connectivity index (χ4n) is 2.29. The van der Waals surface area contributed by atoms with Crippen LogP contribution in [-0.4, -0.2) is 45.9 Å². The molecule has 0 aromatic heterocycles. The van der Waals surface area contributed by atoms with Crippen molar-refractivity contribution in [3.63, 3.8) is 0 Å². The van der Waals surface area contributed by atoms with Gasteiger partial charge >= 0.3 is 10.2 Å². The van der Waals surface area contributed by atoms with Gasteiger partial charge in [-0.3, -0.25) is 9.10 Å². The van der Waals surface area contributed by atoms with E-state index in [2.05, 4.69) is 5.32 Å². The van der Waals surface area contributed by atoms with Crippen molar-refractivity contribution in [2.24, 2.45) is 0 Å². The minimum atomic E-state index is -3.57. The summed E-state index contributed by atoms with van der Waals surface area (Å²) in [5.41, 5.74) is 1.54. The quantitative estimate of drug-likeness (QED) is 0.787. The van der Waals surface area contributed by atoms with E-state index in [4.69, 9.17) is 4.74 Å². The second kappa shape index (κ2) is 8.41. The van der Waals surface area contributed by atoms with Crippen LogP contribution in [0.1, 0.15) is 24.2 Å². The fraction of sp³-hybridized carbons (Fsp3) is 0.316. The molecule has 0 saturated heterocycles. The number of rotatable bonds is 7. The van der Waals surface area contributed by atoms with E-state index in [1.165, 1.54) is 21.1 Å². The molecule has 0 heterocycles. The molecule has 0 bridgehead atoms. The highest BCUT2D eigenvalue weighted by Gasteiger charge is 2.21. The number of ether oxygens (including phenoxy) is 1. The van der Waals surface area contributed by atoms with Crippen LogP contribution in [0.3, 0.4) is 0 Å². The molecule has 1 N–H and O–H groups in total. The first-order valence-electron chi connectivity index (χ1n) is 8.46. The van der Waals surface area contributed by atoms with Gasteiger partial charge in [-0.2, -0.15) is 12.7 Å². The normalized spacial score (nSPS) is 11.5. The number of carbonyl (C=O) groups is 1. The number of carbonyl (C=O) groups excluding carboxylic acids is 1. The van der Waals surface area contributed by atoms with Gasteiger partial charge in [-0.05, 0) is 62.4 Å². The molecule has 0 radical (unpaired) electrons. The van der Waals surface area contributed by atoms with E-state index in [0.717, 1.165) is 14.4 Å². The number of nitrogens with one attached hydrogen (secondary N) is 1. The minimum Gasteiger partial charge on any atom is -0.491 e. The Hall–Kier alpha value is -2.58. The Bertz CT molecular complexity index is 876. The Morgan fingerprint density at radius 1 is 0.963 bits per heavy atom. The maximum absolute atomic E-state index is 12.4. The zero-order chi connectivity index (χ0) is 20.2. The smallest absolute Gasteiger partial charge is 0.303 e. The molecule has 0 unspecified atom stereocenters. The van der Waals surface area contributed by atoms with Gasteiger partial charge in [0.2, 0.25) is 0 Å². The minimum absolute atomic E-state index is 0.0818. The van der Waals surface area contributed by atoms with Gasteiger partial charge in [-0.1, -0.05) is 0 Å². The lowest BCUT2D eigenvalue weighted by atomic mass is 10.2. The molecule has 0 atom stereocenters. The van der Waals surface area contributed by atoms with Crippen molar-refractivity contribution in [1.82, 2.24) is 4.31 Å². The van der Waals surface area contributed by atoms with Gasteiger partial charge in [0.15, 0.2) is 0 Å². The summed E-state index contributed by atoms with van der Waals surface area (Å²) < 4.78 is 32.1. The Balaban J connectivity index is 2.07. The van der Waals surface area contributed by atoms with E-state index in [-0.39, 0.29) is 12.0 Å². The summed E-state index contributed by atoms with van der Waals surface area (Å²) in [5.74, 6) is 0.453. The summed E-state index contributed by atoms with van der Waals surface area (Å²) in [6, 6.07) is 13.5. The van der Waals surface area contributed by atoms with E-state index < -0.39 is 10.2 Å². The second-order valence-electron chi connectivity index (χ2n) is 6.45. The molecule has 0 aliphatic rings. The summed E-state index contributed by atoms with van der Waals surface area (Å²) in [5, 5.41) is 2.80. The van der Waals surface area contributed by atoms with Crippen LogP contribution in [0, 0.1) is 0 Å². The number of benzene rings is 2. The Morgan fingerprint density at radius 2 is 1.52 bits per heavy atom. The molecule has 0 aliphatic heterocycles. The second-order valence-corrected chi connectivity index (χ2v) is 8.62. The van der Waals surface area contributed by atoms with Crippen LogP contribution in [0.2, 0.25) is 0 Å². The zero-order valence-electron chi connectivity index (χ0n) is 16.1. The van der Waals surface area contributed by atoms with E-state index in [0.29, 0.717) is 16.9 Å². The summed E-state index contributed by atoms with van der Waals surface area (Å²) in [6.45, 7) is 3.89. The van der Waals surface area contributed by atoms with Crippen LogP contribution in [0.4, 0.5) is 11.4 Å². The standard InChI is InChI=1S/C19H25N3O4S/c1-14(2)26-18-12-8-16(9-13-18)20-19(23)15-6-10-17(11-7-15)22(5)27(24,25)21(3)4/h6-14H,1-5H3,(H,20,23). The first kappa shape index (κ1) is 20.7. The Labute approximate surface area is 160 Å². The van der Waals surface area contributed by atoms with Crippen LogP contribution >= 0.6 is 0 Å². The molecular formula is C19H25N3O4S. The Morgan fingerprint density at radius 3 is 2.00 bits per heavy atom. The highest BCUT2D eigenvalue weighted by molar-refractivity contribution is 7.90. The third-order valence-electron chi connectivity index (χ3n) is 3.78. The van der Waals surface area contributed by atoms with Crippen molar-refractivity contribution >= 4 is 27.5 Å². The molecule has 27 heavy (non-hydrogen) atoms.